The minimum atomic E-state index is -5.36. The second kappa shape index (κ2) is 16.0. The zero-order chi connectivity index (χ0) is 34.8. The Balaban J connectivity index is 2.89. The molecule has 0 aromatic heterocycles. The maximum absolute atomic E-state index is 14.3. The third kappa shape index (κ3) is 10.7. The molecule has 0 spiro atoms. The monoisotopic (exact) mass is 662 g/mol. The number of benzene rings is 1. The van der Waals surface area contributed by atoms with Crippen LogP contribution < -0.4 is 5.32 Å². The van der Waals surface area contributed by atoms with Crippen molar-refractivity contribution < 1.29 is 75.1 Å². The number of carbonyl (C=O) groups excluding carboxylic acids is 6. The Morgan fingerprint density at radius 2 is 1.57 bits per heavy atom. The second-order valence-corrected chi connectivity index (χ2v) is 9.78. The number of aliphatic imine (C=N–C) groups is 1. The van der Waals surface area contributed by atoms with Crippen LogP contribution >= 0.6 is 0 Å². The van der Waals surface area contributed by atoms with Crippen LogP contribution in [0, 0.1) is 0 Å². The first-order valence-corrected chi connectivity index (χ1v) is 13.5. The molecule has 18 heteroatoms. The van der Waals surface area contributed by atoms with E-state index in [1.165, 1.54) is 30.3 Å². The highest BCUT2D eigenvalue weighted by Gasteiger charge is 2.62. The van der Waals surface area contributed by atoms with Crippen molar-refractivity contribution in [1.29, 1.82) is 0 Å². The molecule has 1 amide bonds. The molecule has 1 heterocycles. The maximum Gasteiger partial charge on any atom is 0.468 e. The molecule has 1 aromatic rings. The summed E-state index contributed by atoms with van der Waals surface area (Å²) in [5.74, 6) is -11.5. The van der Waals surface area contributed by atoms with Gasteiger partial charge in [0.25, 0.3) is 0 Å². The van der Waals surface area contributed by atoms with E-state index in [0.717, 1.165) is 41.7 Å². The molecule has 2 rings (SSSR count). The molecule has 46 heavy (non-hydrogen) atoms. The highest BCUT2D eigenvalue weighted by atomic mass is 19.4. The minimum Gasteiger partial charge on any atom is -0.464 e. The van der Waals surface area contributed by atoms with Crippen LogP contribution in [0.3, 0.4) is 0 Å². The number of halogens is 3. The number of alkyl halides is 3. The summed E-state index contributed by atoms with van der Waals surface area (Å²) >= 11 is 0. The van der Waals surface area contributed by atoms with E-state index in [-0.39, 0.29) is 5.69 Å². The summed E-state index contributed by atoms with van der Waals surface area (Å²) in [5.41, 5.74) is -0.246. The van der Waals surface area contributed by atoms with Crippen LogP contribution in [0.1, 0.15) is 41.0 Å². The summed E-state index contributed by atoms with van der Waals surface area (Å²) in [5, 5.41) is 2.39. The number of para-hydroxylation sites is 1. The highest BCUT2D eigenvalue weighted by Crippen LogP contribution is 2.39. The number of methoxy groups -OCH3 is 1. The number of carbonyl (C=O) groups is 6. The smallest absolute Gasteiger partial charge is 0.464 e. The minimum absolute atomic E-state index is 0.246. The molecule has 4 unspecified atom stereocenters. The average molecular weight is 663 g/mol. The Hall–Kier alpha value is -4.74. The van der Waals surface area contributed by atoms with Crippen molar-refractivity contribution in [3.8, 4) is 0 Å². The highest BCUT2D eigenvalue weighted by molar-refractivity contribution is 5.89. The third-order valence-electron chi connectivity index (χ3n) is 5.99. The molecule has 15 nitrogen and oxygen atoms in total. The van der Waals surface area contributed by atoms with Gasteiger partial charge >= 0.3 is 47.7 Å². The van der Waals surface area contributed by atoms with Gasteiger partial charge in [-0.05, 0) is 12.1 Å². The van der Waals surface area contributed by atoms with Crippen LogP contribution in [-0.4, -0.2) is 97.8 Å². The quantitative estimate of drug-likeness (QED) is 0.156. The number of hydrogen-bond acceptors (Lipinski definition) is 14. The zero-order valence-electron chi connectivity index (χ0n) is 25.6. The van der Waals surface area contributed by atoms with Crippen LogP contribution in [0.25, 0.3) is 0 Å². The van der Waals surface area contributed by atoms with E-state index in [1.807, 2.05) is 0 Å². The van der Waals surface area contributed by atoms with E-state index in [4.69, 9.17) is 33.2 Å². The van der Waals surface area contributed by atoms with Crippen LogP contribution in [0.4, 0.5) is 18.9 Å². The molecule has 0 radical (unpaired) electrons. The molecular weight excluding hydrogens is 629 g/mol. The van der Waals surface area contributed by atoms with Crippen LogP contribution in [0.5, 0.6) is 0 Å². The van der Waals surface area contributed by atoms with Gasteiger partial charge in [0.05, 0.1) is 25.3 Å². The number of hydrogen-bond donors (Lipinski definition) is 1. The Morgan fingerprint density at radius 1 is 0.957 bits per heavy atom. The SMILES string of the molecule is COC(=O)C1(OC(=Nc2ccccc2)C(F)(F)F)CC(OC(C)=O)C(NC(C)=O)C([C@H](OC(C)=O)[C@@H](COC(C)=O)OC(C)=O)O1. The van der Waals surface area contributed by atoms with Crippen LogP contribution in [0.15, 0.2) is 35.3 Å². The van der Waals surface area contributed by atoms with Crippen LogP contribution in [-0.2, 0) is 61.9 Å². The van der Waals surface area contributed by atoms with Gasteiger partial charge in [-0.3, -0.25) is 24.0 Å². The summed E-state index contributed by atoms with van der Waals surface area (Å²) in [6.45, 7) is 4.01. The summed E-state index contributed by atoms with van der Waals surface area (Å²) < 4.78 is 79.6. The lowest BCUT2D eigenvalue weighted by Gasteiger charge is -2.48. The van der Waals surface area contributed by atoms with E-state index in [9.17, 15) is 41.9 Å². The molecule has 1 aliphatic heterocycles. The number of rotatable bonds is 11. The molecule has 0 aliphatic carbocycles. The molecular formula is C28H33F3N2O13. The van der Waals surface area contributed by atoms with E-state index < -0.39 is 97.1 Å². The Bertz CT molecular complexity index is 1320. The fourth-order valence-corrected chi connectivity index (χ4v) is 4.42. The zero-order valence-corrected chi connectivity index (χ0v) is 25.6. The van der Waals surface area contributed by atoms with E-state index >= 15 is 0 Å². The van der Waals surface area contributed by atoms with Gasteiger partial charge in [0.2, 0.25) is 5.91 Å². The number of nitrogens with zero attached hydrogens (tertiary/aromatic N) is 1. The fourth-order valence-electron chi connectivity index (χ4n) is 4.42. The lowest BCUT2D eigenvalue weighted by Crippen LogP contribution is -2.69. The number of nitrogens with one attached hydrogen (secondary N) is 1. The Labute approximate surface area is 260 Å². The predicted octanol–water partition coefficient (Wildman–Crippen LogP) is 1.82. The molecule has 254 valence electrons. The average Bonchev–Trinajstić information content (AvgIpc) is 2.93. The molecule has 1 fully saturated rings. The molecule has 6 atom stereocenters. The number of ether oxygens (including phenoxy) is 7. The van der Waals surface area contributed by atoms with Gasteiger partial charge in [-0.1, -0.05) is 18.2 Å². The summed E-state index contributed by atoms with van der Waals surface area (Å²) in [4.78, 5) is 77.2. The predicted molar refractivity (Wildman–Crippen MR) is 146 cm³/mol. The lowest BCUT2D eigenvalue weighted by atomic mass is 9.88. The maximum atomic E-state index is 14.3. The van der Waals surface area contributed by atoms with Crippen molar-refractivity contribution in [2.45, 2.75) is 83.5 Å². The van der Waals surface area contributed by atoms with E-state index in [1.54, 1.807) is 0 Å². The van der Waals surface area contributed by atoms with Gasteiger partial charge in [0, 0.05) is 34.6 Å². The molecule has 1 saturated heterocycles. The van der Waals surface area contributed by atoms with Gasteiger partial charge in [-0.2, -0.15) is 13.2 Å². The van der Waals surface area contributed by atoms with Gasteiger partial charge in [0.15, 0.2) is 12.2 Å². The van der Waals surface area contributed by atoms with Crippen molar-refractivity contribution in [2.24, 2.45) is 4.99 Å². The molecule has 1 aliphatic rings. The first kappa shape index (κ1) is 37.4. The van der Waals surface area contributed by atoms with Crippen molar-refractivity contribution in [3.05, 3.63) is 30.3 Å². The van der Waals surface area contributed by atoms with Crippen molar-refractivity contribution in [2.75, 3.05) is 13.7 Å². The van der Waals surface area contributed by atoms with Gasteiger partial charge < -0.3 is 38.5 Å². The Kier molecular flexibility index (Phi) is 13.0. The second-order valence-electron chi connectivity index (χ2n) is 9.78. The first-order valence-electron chi connectivity index (χ1n) is 13.5. The van der Waals surface area contributed by atoms with Crippen LogP contribution in [0.2, 0.25) is 0 Å². The fraction of sp³-hybridized carbons (Fsp3) is 0.536. The Morgan fingerprint density at radius 3 is 2.04 bits per heavy atom. The summed E-state index contributed by atoms with van der Waals surface area (Å²) in [7, 11) is 0.792. The van der Waals surface area contributed by atoms with Crippen molar-refractivity contribution >= 4 is 47.3 Å². The third-order valence-corrected chi connectivity index (χ3v) is 5.99. The van der Waals surface area contributed by atoms with Gasteiger partial charge in [0.1, 0.15) is 18.8 Å². The summed E-state index contributed by atoms with van der Waals surface area (Å²) in [6.07, 6.45) is -13.8. The number of amides is 1. The molecule has 1 N–H and O–H groups in total. The topological polar surface area (TPSA) is 191 Å². The number of esters is 5. The van der Waals surface area contributed by atoms with E-state index in [2.05, 4.69) is 10.3 Å². The van der Waals surface area contributed by atoms with Gasteiger partial charge in [-0.25, -0.2) is 9.79 Å². The van der Waals surface area contributed by atoms with Crippen molar-refractivity contribution in [3.63, 3.8) is 0 Å². The standard InChI is InChI=1S/C28H33F3N2O13/c1-14(34)32-22-20(42-16(3)36)12-27(26(39)40-6,46-25(28(29,30)31)33-19-10-8-7-9-11-19)45-24(22)23(44-18(5)38)21(43-17(4)37)13-41-15(2)35/h7-11,20-24H,12-13H2,1-6H3,(H,32,34)/t20?,21-,22?,23-,24?,27?/m1/s1. The van der Waals surface area contributed by atoms with E-state index in [0.29, 0.717) is 0 Å². The molecule has 1 aromatic carbocycles. The lowest BCUT2D eigenvalue weighted by molar-refractivity contribution is -0.298. The normalized spacial score (nSPS) is 22.7. The van der Waals surface area contributed by atoms with Crippen molar-refractivity contribution in [1.82, 2.24) is 5.32 Å². The molecule has 0 bridgehead atoms. The first-order chi connectivity index (χ1) is 21.4. The summed E-state index contributed by atoms with van der Waals surface area (Å²) in [6, 6.07) is 5.07. The van der Waals surface area contributed by atoms with Gasteiger partial charge in [-0.15, -0.1) is 0 Å². The largest absolute Gasteiger partial charge is 0.468 e. The molecule has 0 saturated carbocycles.